The first-order chi connectivity index (χ1) is 19.7. The van der Waals surface area contributed by atoms with Crippen molar-refractivity contribution >= 4 is 62.3 Å². The van der Waals surface area contributed by atoms with Crippen LogP contribution in [0.5, 0.6) is 5.75 Å². The third-order valence-corrected chi connectivity index (χ3v) is 9.03. The zero-order valence-electron chi connectivity index (χ0n) is 24.0. The molecule has 8 nitrogen and oxygen atoms in total. The van der Waals surface area contributed by atoms with Crippen molar-refractivity contribution in [1.82, 2.24) is 10.2 Å². The van der Waals surface area contributed by atoms with Crippen LogP contribution in [0.1, 0.15) is 39.7 Å². The van der Waals surface area contributed by atoms with E-state index in [-0.39, 0.29) is 28.6 Å². The van der Waals surface area contributed by atoms with E-state index in [9.17, 15) is 18.0 Å². The summed E-state index contributed by atoms with van der Waals surface area (Å²) in [5.74, 6) is -0.564. The highest BCUT2D eigenvalue weighted by Crippen LogP contribution is 2.30. The van der Waals surface area contributed by atoms with Gasteiger partial charge in [0.05, 0.1) is 17.7 Å². The van der Waals surface area contributed by atoms with Crippen molar-refractivity contribution in [3.63, 3.8) is 0 Å². The summed E-state index contributed by atoms with van der Waals surface area (Å²) in [6, 6.07) is 16.0. The van der Waals surface area contributed by atoms with Crippen LogP contribution in [0.2, 0.25) is 15.1 Å². The molecular formula is C30H34Cl3N3O5S. The van der Waals surface area contributed by atoms with Crippen LogP contribution in [-0.4, -0.2) is 50.4 Å². The van der Waals surface area contributed by atoms with Crippen LogP contribution in [0.15, 0.2) is 71.6 Å². The molecule has 0 radical (unpaired) electrons. The number of rotatable bonds is 11. The minimum Gasteiger partial charge on any atom is -0.497 e. The number of halogens is 3. The maximum Gasteiger partial charge on any atom is 0.264 e. The molecule has 0 saturated carbocycles. The average molecular weight is 655 g/mol. The van der Waals surface area contributed by atoms with Crippen LogP contribution < -0.4 is 14.4 Å². The van der Waals surface area contributed by atoms with Gasteiger partial charge >= 0.3 is 0 Å². The number of sulfonamides is 1. The van der Waals surface area contributed by atoms with Gasteiger partial charge in [0, 0.05) is 32.7 Å². The van der Waals surface area contributed by atoms with Crippen molar-refractivity contribution in [2.45, 2.75) is 57.1 Å². The van der Waals surface area contributed by atoms with Crippen LogP contribution in [-0.2, 0) is 26.2 Å². The zero-order valence-corrected chi connectivity index (χ0v) is 27.1. The predicted molar refractivity (Wildman–Crippen MR) is 168 cm³/mol. The molecular weight excluding hydrogens is 621 g/mol. The molecule has 0 heterocycles. The highest BCUT2D eigenvalue weighted by molar-refractivity contribution is 7.92. The quantitative estimate of drug-likeness (QED) is 0.252. The molecule has 2 amide bonds. The van der Waals surface area contributed by atoms with Gasteiger partial charge in [-0.3, -0.25) is 13.9 Å². The second kappa shape index (κ2) is 14.0. The van der Waals surface area contributed by atoms with Gasteiger partial charge in [0.1, 0.15) is 18.3 Å². The number of carbonyl (C=O) groups excluding carboxylic acids is 2. The molecule has 1 atom stereocenters. The number of hydrogen-bond acceptors (Lipinski definition) is 5. The summed E-state index contributed by atoms with van der Waals surface area (Å²) in [7, 11) is -2.80. The van der Waals surface area contributed by atoms with Gasteiger partial charge in [-0.1, -0.05) is 53.9 Å². The Morgan fingerprint density at radius 3 is 2.07 bits per heavy atom. The zero-order chi connectivity index (χ0) is 31.2. The standard InChI is InChI=1S/C30H34Cl3N3O5S/c1-6-27(29(38)34-30(2,3)4)35(18-24-25(32)11-8-12-26(24)33)28(37)19-36(21-10-7-9-20(31)17-21)42(39,40)23-15-13-22(41-5)14-16-23/h7-17,27H,6,18-19H2,1-5H3,(H,34,38)/t27-/m0/s1. The predicted octanol–water partition coefficient (Wildman–Crippen LogP) is 6.57. The van der Waals surface area contributed by atoms with Gasteiger partial charge in [-0.15, -0.1) is 0 Å². The Hall–Kier alpha value is -2.98. The van der Waals surface area contributed by atoms with Gasteiger partial charge < -0.3 is 15.0 Å². The van der Waals surface area contributed by atoms with Gasteiger partial charge in [-0.25, -0.2) is 8.42 Å². The van der Waals surface area contributed by atoms with Crippen LogP contribution in [0.3, 0.4) is 0 Å². The van der Waals surface area contributed by atoms with Crippen LogP contribution in [0, 0.1) is 0 Å². The third kappa shape index (κ3) is 8.31. The summed E-state index contributed by atoms with van der Waals surface area (Å²) in [6.45, 7) is 6.50. The fourth-order valence-corrected chi connectivity index (χ4v) is 6.37. The number of methoxy groups -OCH3 is 1. The van der Waals surface area contributed by atoms with Crippen molar-refractivity contribution in [1.29, 1.82) is 0 Å². The number of nitrogens with zero attached hydrogens (tertiary/aromatic N) is 2. The van der Waals surface area contributed by atoms with E-state index in [1.54, 1.807) is 43.3 Å². The minimum atomic E-state index is -4.28. The molecule has 0 aromatic heterocycles. The Kier molecular flexibility index (Phi) is 11.2. The molecule has 0 bridgehead atoms. The van der Waals surface area contributed by atoms with Gasteiger partial charge in [0.15, 0.2) is 0 Å². The van der Waals surface area contributed by atoms with Crippen LogP contribution in [0.4, 0.5) is 5.69 Å². The molecule has 0 aliphatic rings. The van der Waals surface area contributed by atoms with Crippen molar-refractivity contribution in [2.24, 2.45) is 0 Å². The molecule has 0 unspecified atom stereocenters. The molecule has 42 heavy (non-hydrogen) atoms. The summed E-state index contributed by atoms with van der Waals surface area (Å²) in [5, 5.41) is 3.82. The molecule has 3 aromatic carbocycles. The number of hydrogen-bond donors (Lipinski definition) is 1. The van der Waals surface area contributed by atoms with E-state index in [0.29, 0.717) is 21.4 Å². The lowest BCUT2D eigenvalue weighted by Gasteiger charge is -2.35. The monoisotopic (exact) mass is 653 g/mol. The van der Waals surface area contributed by atoms with Crippen molar-refractivity contribution < 1.29 is 22.7 Å². The van der Waals surface area contributed by atoms with E-state index < -0.39 is 40.0 Å². The summed E-state index contributed by atoms with van der Waals surface area (Å²) in [4.78, 5) is 28.9. The fourth-order valence-electron chi connectivity index (χ4n) is 4.26. The molecule has 3 aromatic rings. The van der Waals surface area contributed by atoms with Gasteiger partial charge in [0.2, 0.25) is 11.8 Å². The van der Waals surface area contributed by atoms with Gasteiger partial charge in [-0.05, 0) is 81.8 Å². The van der Waals surface area contributed by atoms with E-state index in [1.807, 2.05) is 20.8 Å². The number of amides is 2. The Morgan fingerprint density at radius 1 is 0.952 bits per heavy atom. The normalized spacial score (nSPS) is 12.4. The first-order valence-electron chi connectivity index (χ1n) is 13.1. The Bertz CT molecular complexity index is 1510. The number of carbonyl (C=O) groups is 2. The molecule has 12 heteroatoms. The first kappa shape index (κ1) is 33.5. The van der Waals surface area contributed by atoms with E-state index >= 15 is 0 Å². The van der Waals surface area contributed by atoms with E-state index in [4.69, 9.17) is 39.5 Å². The van der Waals surface area contributed by atoms with Gasteiger partial charge in [0.25, 0.3) is 10.0 Å². The van der Waals surface area contributed by atoms with E-state index in [1.165, 1.54) is 42.3 Å². The molecule has 0 fully saturated rings. The molecule has 1 N–H and O–H groups in total. The minimum absolute atomic E-state index is 0.0608. The SMILES string of the molecule is CC[C@@H](C(=O)NC(C)(C)C)N(Cc1c(Cl)cccc1Cl)C(=O)CN(c1cccc(Cl)c1)S(=O)(=O)c1ccc(OC)cc1. The summed E-state index contributed by atoms with van der Waals surface area (Å²) >= 11 is 19.1. The summed E-state index contributed by atoms with van der Waals surface area (Å²) < 4.78 is 34.1. The second-order valence-electron chi connectivity index (χ2n) is 10.6. The largest absolute Gasteiger partial charge is 0.497 e. The molecule has 0 aliphatic heterocycles. The fraction of sp³-hybridized carbons (Fsp3) is 0.333. The average Bonchev–Trinajstić information content (AvgIpc) is 2.92. The lowest BCUT2D eigenvalue weighted by atomic mass is 10.1. The Balaban J connectivity index is 2.12. The molecule has 0 spiro atoms. The Morgan fingerprint density at radius 2 is 1.55 bits per heavy atom. The molecule has 0 saturated heterocycles. The van der Waals surface area contributed by atoms with E-state index in [0.717, 1.165) is 4.31 Å². The van der Waals surface area contributed by atoms with Crippen molar-refractivity contribution in [3.05, 3.63) is 87.4 Å². The highest BCUT2D eigenvalue weighted by Gasteiger charge is 2.35. The number of ether oxygens (including phenoxy) is 1. The van der Waals surface area contributed by atoms with Crippen molar-refractivity contribution in [3.8, 4) is 5.75 Å². The van der Waals surface area contributed by atoms with Crippen LogP contribution >= 0.6 is 34.8 Å². The molecule has 3 rings (SSSR count). The summed E-state index contributed by atoms with van der Waals surface area (Å²) in [6.07, 6.45) is 0.248. The maximum atomic E-state index is 14.2. The number of anilines is 1. The lowest BCUT2D eigenvalue weighted by Crippen LogP contribution is -2.55. The highest BCUT2D eigenvalue weighted by atomic mass is 35.5. The van der Waals surface area contributed by atoms with Crippen LogP contribution in [0.25, 0.3) is 0 Å². The van der Waals surface area contributed by atoms with Crippen molar-refractivity contribution in [2.75, 3.05) is 18.0 Å². The molecule has 226 valence electrons. The topological polar surface area (TPSA) is 96.0 Å². The maximum absolute atomic E-state index is 14.2. The van der Waals surface area contributed by atoms with E-state index in [2.05, 4.69) is 5.32 Å². The Labute approximate surface area is 262 Å². The lowest BCUT2D eigenvalue weighted by molar-refractivity contribution is -0.141. The smallest absolute Gasteiger partial charge is 0.264 e. The number of nitrogens with one attached hydrogen (secondary N) is 1. The molecule has 0 aliphatic carbocycles. The number of benzene rings is 3. The summed E-state index contributed by atoms with van der Waals surface area (Å²) in [5.41, 5.74) is 0.0318. The first-order valence-corrected chi connectivity index (χ1v) is 15.7. The second-order valence-corrected chi connectivity index (χ2v) is 13.7. The van der Waals surface area contributed by atoms with Gasteiger partial charge in [-0.2, -0.15) is 0 Å². The third-order valence-electron chi connectivity index (χ3n) is 6.30.